The molecule has 1 aromatic carbocycles. The number of nitrogens with two attached hydrogens (primary N) is 2. The van der Waals surface area contributed by atoms with Gasteiger partial charge >= 0.3 is 0 Å². The van der Waals surface area contributed by atoms with E-state index in [1.54, 1.807) is 6.07 Å². The van der Waals surface area contributed by atoms with Crippen molar-refractivity contribution in [3.63, 3.8) is 0 Å². The average Bonchev–Trinajstić information content (AvgIpc) is 2.23. The smallest absolute Gasteiger partial charge is 0.123 e. The molecular weight excluding hydrogens is 205 g/mol. The highest BCUT2D eigenvalue weighted by Crippen LogP contribution is 2.25. The SMILES string of the molecule is C=C(C)CCC(NN)c1cc(F)ccc1N. The molecule has 88 valence electrons. The predicted octanol–water partition coefficient (Wildman–Crippen LogP) is 2.27. The zero-order valence-electron chi connectivity index (χ0n) is 9.46. The van der Waals surface area contributed by atoms with Crippen LogP contribution in [-0.4, -0.2) is 0 Å². The van der Waals surface area contributed by atoms with Gasteiger partial charge in [0.05, 0.1) is 0 Å². The number of rotatable bonds is 5. The molecule has 3 nitrogen and oxygen atoms in total. The maximum atomic E-state index is 13.1. The van der Waals surface area contributed by atoms with Crippen molar-refractivity contribution < 1.29 is 4.39 Å². The summed E-state index contributed by atoms with van der Waals surface area (Å²) in [6.07, 6.45) is 1.57. The normalized spacial score (nSPS) is 12.4. The number of benzene rings is 1. The van der Waals surface area contributed by atoms with Gasteiger partial charge in [0.25, 0.3) is 0 Å². The summed E-state index contributed by atoms with van der Waals surface area (Å²) in [5.74, 6) is 5.15. The zero-order chi connectivity index (χ0) is 12.1. The van der Waals surface area contributed by atoms with Gasteiger partial charge in [-0.3, -0.25) is 11.3 Å². The summed E-state index contributed by atoms with van der Waals surface area (Å²) in [6, 6.07) is 4.16. The van der Waals surface area contributed by atoms with E-state index in [9.17, 15) is 4.39 Å². The molecule has 0 fully saturated rings. The van der Waals surface area contributed by atoms with Crippen molar-refractivity contribution in [3.05, 3.63) is 41.7 Å². The first kappa shape index (κ1) is 12.7. The molecule has 1 unspecified atom stereocenters. The maximum absolute atomic E-state index is 13.1. The number of nitrogen functional groups attached to an aromatic ring is 1. The van der Waals surface area contributed by atoms with Crippen LogP contribution in [0.1, 0.15) is 31.4 Å². The lowest BCUT2D eigenvalue weighted by Gasteiger charge is -2.18. The summed E-state index contributed by atoms with van der Waals surface area (Å²) >= 11 is 0. The van der Waals surface area contributed by atoms with Crippen LogP contribution in [0.15, 0.2) is 30.4 Å². The van der Waals surface area contributed by atoms with Crippen LogP contribution in [0.5, 0.6) is 0 Å². The summed E-state index contributed by atoms with van der Waals surface area (Å²) in [4.78, 5) is 0. The zero-order valence-corrected chi connectivity index (χ0v) is 9.46. The van der Waals surface area contributed by atoms with E-state index >= 15 is 0 Å². The summed E-state index contributed by atoms with van der Waals surface area (Å²) in [6.45, 7) is 5.77. The molecule has 16 heavy (non-hydrogen) atoms. The van der Waals surface area contributed by atoms with Gasteiger partial charge in [0, 0.05) is 11.7 Å². The van der Waals surface area contributed by atoms with E-state index < -0.39 is 0 Å². The quantitative estimate of drug-likeness (QED) is 0.310. The van der Waals surface area contributed by atoms with Crippen LogP contribution in [0.3, 0.4) is 0 Å². The average molecular weight is 223 g/mol. The first-order valence-electron chi connectivity index (χ1n) is 5.20. The fraction of sp³-hybridized carbons (Fsp3) is 0.333. The monoisotopic (exact) mass is 223 g/mol. The van der Waals surface area contributed by atoms with Gasteiger partial charge in [-0.25, -0.2) is 4.39 Å². The molecule has 0 aromatic heterocycles. The van der Waals surface area contributed by atoms with E-state index in [-0.39, 0.29) is 11.9 Å². The molecule has 0 aliphatic heterocycles. The van der Waals surface area contributed by atoms with Crippen molar-refractivity contribution in [2.75, 3.05) is 5.73 Å². The molecule has 0 spiro atoms. The number of hydrazine groups is 1. The van der Waals surface area contributed by atoms with Gasteiger partial charge in [-0.2, -0.15) is 0 Å². The van der Waals surface area contributed by atoms with Gasteiger partial charge in [-0.05, 0) is 43.5 Å². The molecule has 1 rings (SSSR count). The molecule has 0 bridgehead atoms. The van der Waals surface area contributed by atoms with E-state index in [2.05, 4.69) is 12.0 Å². The highest BCUT2D eigenvalue weighted by molar-refractivity contribution is 5.48. The molecule has 0 radical (unpaired) electrons. The second kappa shape index (κ2) is 5.63. The second-order valence-electron chi connectivity index (χ2n) is 3.99. The van der Waals surface area contributed by atoms with Gasteiger partial charge in [-0.15, -0.1) is 6.58 Å². The minimum atomic E-state index is -0.306. The highest BCUT2D eigenvalue weighted by atomic mass is 19.1. The van der Waals surface area contributed by atoms with Crippen LogP contribution in [-0.2, 0) is 0 Å². The Morgan fingerprint density at radius 2 is 2.25 bits per heavy atom. The Balaban J connectivity index is 2.85. The standard InChI is InChI=1S/C12H18FN3/c1-8(2)3-6-12(16-15)10-7-9(13)4-5-11(10)14/h4-5,7,12,16H,1,3,6,14-15H2,2H3. The van der Waals surface area contributed by atoms with E-state index in [4.69, 9.17) is 11.6 Å². The molecule has 1 aromatic rings. The third-order valence-electron chi connectivity index (χ3n) is 2.49. The van der Waals surface area contributed by atoms with Gasteiger partial charge < -0.3 is 5.73 Å². The Labute approximate surface area is 95.3 Å². The van der Waals surface area contributed by atoms with E-state index in [0.29, 0.717) is 11.3 Å². The lowest BCUT2D eigenvalue weighted by atomic mass is 9.99. The number of halogens is 1. The fourth-order valence-electron chi connectivity index (χ4n) is 1.57. The molecule has 0 aliphatic rings. The van der Waals surface area contributed by atoms with Crippen molar-refractivity contribution in [1.82, 2.24) is 5.43 Å². The molecule has 0 saturated heterocycles. The van der Waals surface area contributed by atoms with Gasteiger partial charge in [-0.1, -0.05) is 5.57 Å². The van der Waals surface area contributed by atoms with Crippen LogP contribution in [0.25, 0.3) is 0 Å². The third kappa shape index (κ3) is 3.32. The largest absolute Gasteiger partial charge is 0.398 e. The van der Waals surface area contributed by atoms with Crippen molar-refractivity contribution >= 4 is 5.69 Å². The molecule has 0 aliphatic carbocycles. The van der Waals surface area contributed by atoms with Crippen molar-refractivity contribution in [3.8, 4) is 0 Å². The van der Waals surface area contributed by atoms with Crippen LogP contribution < -0.4 is 17.0 Å². The molecule has 0 heterocycles. The summed E-state index contributed by atoms with van der Waals surface area (Å²) in [5, 5.41) is 0. The number of anilines is 1. The topological polar surface area (TPSA) is 64.1 Å². The first-order chi connectivity index (χ1) is 7.54. The van der Waals surface area contributed by atoms with Crippen LogP contribution in [0.2, 0.25) is 0 Å². The van der Waals surface area contributed by atoms with Gasteiger partial charge in [0.1, 0.15) is 5.82 Å². The van der Waals surface area contributed by atoms with Crippen molar-refractivity contribution in [2.45, 2.75) is 25.8 Å². The molecule has 1 atom stereocenters. The van der Waals surface area contributed by atoms with Crippen molar-refractivity contribution in [2.24, 2.45) is 5.84 Å². The van der Waals surface area contributed by atoms with E-state index in [0.717, 1.165) is 18.4 Å². The lowest BCUT2D eigenvalue weighted by molar-refractivity contribution is 0.512. The minimum Gasteiger partial charge on any atom is -0.398 e. The predicted molar refractivity (Wildman–Crippen MR) is 64.9 cm³/mol. The van der Waals surface area contributed by atoms with E-state index in [1.165, 1.54) is 12.1 Å². The Hall–Kier alpha value is -1.39. The van der Waals surface area contributed by atoms with Crippen molar-refractivity contribution in [1.29, 1.82) is 0 Å². The Kier molecular flexibility index (Phi) is 4.46. The second-order valence-corrected chi connectivity index (χ2v) is 3.99. The third-order valence-corrected chi connectivity index (χ3v) is 2.49. The molecular formula is C12H18FN3. The number of nitrogens with one attached hydrogen (secondary N) is 1. The maximum Gasteiger partial charge on any atom is 0.123 e. The summed E-state index contributed by atoms with van der Waals surface area (Å²) in [5.41, 5.74) is 10.8. The van der Waals surface area contributed by atoms with Crippen LogP contribution in [0.4, 0.5) is 10.1 Å². The summed E-state index contributed by atoms with van der Waals surface area (Å²) in [7, 11) is 0. The number of allylic oxidation sites excluding steroid dienone is 1. The Morgan fingerprint density at radius 3 is 2.81 bits per heavy atom. The molecule has 0 amide bonds. The molecule has 4 heteroatoms. The fourth-order valence-corrected chi connectivity index (χ4v) is 1.57. The number of hydrogen-bond donors (Lipinski definition) is 3. The Bertz CT molecular complexity index is 377. The van der Waals surface area contributed by atoms with Crippen LogP contribution in [0, 0.1) is 5.82 Å². The molecule has 5 N–H and O–H groups in total. The summed E-state index contributed by atoms with van der Waals surface area (Å²) < 4.78 is 13.1. The molecule has 0 saturated carbocycles. The number of hydrogen-bond acceptors (Lipinski definition) is 3. The Morgan fingerprint density at radius 1 is 1.56 bits per heavy atom. The van der Waals surface area contributed by atoms with E-state index in [1.807, 2.05) is 6.92 Å². The first-order valence-corrected chi connectivity index (χ1v) is 5.20. The van der Waals surface area contributed by atoms with Gasteiger partial charge in [0.2, 0.25) is 0 Å². The van der Waals surface area contributed by atoms with Crippen LogP contribution >= 0.6 is 0 Å². The minimum absolute atomic E-state index is 0.146. The van der Waals surface area contributed by atoms with Gasteiger partial charge in [0.15, 0.2) is 0 Å². The highest BCUT2D eigenvalue weighted by Gasteiger charge is 2.13. The lowest BCUT2D eigenvalue weighted by Crippen LogP contribution is -2.28.